The highest BCUT2D eigenvalue weighted by Crippen LogP contribution is 2.38. The molecule has 5 rings (SSSR count). The first-order chi connectivity index (χ1) is 18.2. The van der Waals surface area contributed by atoms with Crippen LogP contribution >= 0.6 is 11.3 Å². The Hall–Kier alpha value is -2.97. The van der Waals surface area contributed by atoms with Gasteiger partial charge in [-0.1, -0.05) is 6.07 Å². The van der Waals surface area contributed by atoms with Crippen molar-refractivity contribution in [3.05, 3.63) is 62.9 Å². The summed E-state index contributed by atoms with van der Waals surface area (Å²) in [6.07, 6.45) is 5.53. The van der Waals surface area contributed by atoms with E-state index >= 15 is 0 Å². The molecule has 3 N–H and O–H groups in total. The number of anilines is 1. The third kappa shape index (κ3) is 5.86. The summed E-state index contributed by atoms with van der Waals surface area (Å²) >= 11 is 1.40. The quantitative estimate of drug-likeness (QED) is 0.374. The van der Waals surface area contributed by atoms with Gasteiger partial charge in [-0.25, -0.2) is 20.1 Å². The summed E-state index contributed by atoms with van der Waals surface area (Å²) in [6, 6.07) is 5.74. The molecule has 2 aliphatic rings. The van der Waals surface area contributed by atoms with Crippen LogP contribution in [0.3, 0.4) is 0 Å². The van der Waals surface area contributed by atoms with Crippen LogP contribution in [0.1, 0.15) is 62.3 Å². The lowest BCUT2D eigenvalue weighted by molar-refractivity contribution is 0.0658. The predicted octanol–water partition coefficient (Wildman–Crippen LogP) is 2.94. The average molecular weight is 560 g/mol. The van der Waals surface area contributed by atoms with E-state index in [1.165, 1.54) is 23.9 Å². The molecular weight excluding hydrogens is 530 g/mol. The Labute approximate surface area is 225 Å². The number of nitrogens with two attached hydrogens (primary N) is 1. The van der Waals surface area contributed by atoms with Gasteiger partial charge in [-0.05, 0) is 50.2 Å². The molecule has 0 spiro atoms. The van der Waals surface area contributed by atoms with Gasteiger partial charge in [0, 0.05) is 28.7 Å². The number of carbonyl (C=O) groups excluding carboxylic acids is 1. The molecule has 13 heteroatoms. The number of hydrogen-bond acceptors (Lipinski definition) is 11. The van der Waals surface area contributed by atoms with Crippen LogP contribution in [0.4, 0.5) is 5.82 Å². The normalized spacial score (nSPS) is 21.2. The third-order valence-corrected chi connectivity index (χ3v) is 8.40. The van der Waals surface area contributed by atoms with E-state index in [0.717, 1.165) is 41.0 Å². The number of methoxy groups -OCH3 is 1. The fraction of sp³-hybridized carbons (Fsp3) is 0.440. The maximum absolute atomic E-state index is 13.6. The first-order valence-corrected chi connectivity index (χ1v) is 14.5. The van der Waals surface area contributed by atoms with Gasteiger partial charge < -0.3 is 14.8 Å². The van der Waals surface area contributed by atoms with Gasteiger partial charge in [0.15, 0.2) is 0 Å². The summed E-state index contributed by atoms with van der Waals surface area (Å²) in [6.45, 7) is 2.57. The first-order valence-electron chi connectivity index (χ1n) is 12.3. The number of ether oxygens (including phenoxy) is 2. The van der Waals surface area contributed by atoms with Gasteiger partial charge in [-0.15, -0.1) is 11.3 Å². The minimum atomic E-state index is -3.97. The molecule has 0 radical (unpaired) electrons. The van der Waals surface area contributed by atoms with Gasteiger partial charge in [-0.3, -0.25) is 8.98 Å². The number of nitrogens with zero attached hydrogens (tertiary/aromatic N) is 3. The molecule has 202 valence electrons. The number of thiophene rings is 1. The van der Waals surface area contributed by atoms with Gasteiger partial charge in [0.1, 0.15) is 18.2 Å². The van der Waals surface area contributed by atoms with Gasteiger partial charge >= 0.3 is 10.3 Å². The lowest BCUT2D eigenvalue weighted by Gasteiger charge is -2.25. The van der Waals surface area contributed by atoms with Crippen molar-refractivity contribution in [2.75, 3.05) is 25.6 Å². The summed E-state index contributed by atoms with van der Waals surface area (Å²) in [7, 11) is -2.39. The van der Waals surface area contributed by atoms with Crippen molar-refractivity contribution in [3.8, 4) is 5.88 Å². The van der Waals surface area contributed by atoms with E-state index in [9.17, 15) is 13.2 Å². The maximum atomic E-state index is 13.6. The molecule has 1 saturated carbocycles. The Balaban J connectivity index is 1.34. The maximum Gasteiger partial charge on any atom is 0.333 e. The highest BCUT2D eigenvalue weighted by atomic mass is 32.2. The highest BCUT2D eigenvalue weighted by molar-refractivity contribution is 7.84. The molecular formula is C25H29N5O6S2. The molecule has 0 aromatic carbocycles. The Kier molecular flexibility index (Phi) is 7.73. The summed E-state index contributed by atoms with van der Waals surface area (Å²) in [5.74, 6) is 0.821. The van der Waals surface area contributed by atoms with Crippen molar-refractivity contribution < 1.29 is 26.9 Å². The summed E-state index contributed by atoms with van der Waals surface area (Å²) in [4.78, 5) is 28.2. The largest absolute Gasteiger partial charge is 0.481 e. The van der Waals surface area contributed by atoms with Crippen LogP contribution in [0, 0.1) is 12.8 Å². The van der Waals surface area contributed by atoms with E-state index in [-0.39, 0.29) is 30.5 Å². The monoisotopic (exact) mass is 559 g/mol. The third-order valence-electron chi connectivity index (χ3n) is 6.87. The Morgan fingerprint density at radius 2 is 2.16 bits per heavy atom. The summed E-state index contributed by atoms with van der Waals surface area (Å²) in [5, 5.41) is 8.29. The second kappa shape index (κ2) is 11.0. The van der Waals surface area contributed by atoms with Crippen molar-refractivity contribution in [2.24, 2.45) is 11.1 Å². The second-order valence-electron chi connectivity index (χ2n) is 9.43. The number of aryl methyl sites for hydroxylation is 1. The number of fused-ring (bicyclic) bond motifs is 1. The number of ketones is 1. The molecule has 0 bridgehead atoms. The standard InChI is InChI=1S/C25H29N5O6S2/c1-14-18(24-22-16(7-8-35-24)4-6-21(30-22)34-2)10-20(37-14)23(31)19-11-27-13-28-25(19)29-17-5-3-15(9-17)12-36-38(26,32)33/h4,6,10-11,13,15,17,24H,3,5,7-9,12H2,1-2H3,(H2,26,32,33)(H,27,28,29)/t15-,17+,24?/m1/s1. The minimum Gasteiger partial charge on any atom is -0.481 e. The van der Waals surface area contributed by atoms with E-state index in [4.69, 9.17) is 18.8 Å². The average Bonchev–Trinajstić information content (AvgIpc) is 3.52. The predicted molar refractivity (Wildman–Crippen MR) is 141 cm³/mol. The molecule has 1 fully saturated rings. The van der Waals surface area contributed by atoms with Gasteiger partial charge in [0.25, 0.3) is 0 Å². The topological polar surface area (TPSA) is 156 Å². The molecule has 3 aromatic heterocycles. The first kappa shape index (κ1) is 26.6. The molecule has 0 amide bonds. The molecule has 1 aliphatic carbocycles. The molecule has 1 aliphatic heterocycles. The molecule has 3 atom stereocenters. The Bertz CT molecular complexity index is 1440. The molecule has 4 heterocycles. The van der Waals surface area contributed by atoms with Gasteiger partial charge in [-0.2, -0.15) is 8.42 Å². The number of nitrogens with one attached hydrogen (secondary N) is 1. The van der Waals surface area contributed by atoms with E-state index in [2.05, 4.69) is 20.3 Å². The lowest BCUT2D eigenvalue weighted by atomic mass is 9.97. The van der Waals surface area contributed by atoms with Crippen LogP contribution in [-0.4, -0.2) is 55.5 Å². The van der Waals surface area contributed by atoms with E-state index in [1.54, 1.807) is 7.11 Å². The van der Waals surface area contributed by atoms with Crippen LogP contribution in [0.25, 0.3) is 0 Å². The van der Waals surface area contributed by atoms with E-state index in [0.29, 0.717) is 35.2 Å². The number of aromatic nitrogens is 3. The minimum absolute atomic E-state index is 0.0133. The second-order valence-corrected chi connectivity index (χ2v) is 11.9. The number of rotatable bonds is 9. The molecule has 38 heavy (non-hydrogen) atoms. The smallest absolute Gasteiger partial charge is 0.333 e. The van der Waals surface area contributed by atoms with E-state index in [1.807, 2.05) is 25.1 Å². The SMILES string of the molecule is COc1ccc2c(n1)C(c1cc(C(=O)c3cncnc3N[C@H]3CC[C@@H](COS(N)(=O)=O)C3)sc1C)OCC2. The number of pyridine rings is 1. The number of carbonyl (C=O) groups is 1. The highest BCUT2D eigenvalue weighted by Gasteiger charge is 2.30. The molecule has 11 nitrogen and oxygen atoms in total. The zero-order chi connectivity index (χ0) is 26.9. The fourth-order valence-corrected chi connectivity index (χ4v) is 6.38. The molecule has 3 aromatic rings. The number of hydrogen-bond donors (Lipinski definition) is 2. The van der Waals surface area contributed by atoms with Crippen LogP contribution in [0.5, 0.6) is 5.88 Å². The summed E-state index contributed by atoms with van der Waals surface area (Å²) < 4.78 is 38.4. The van der Waals surface area contributed by atoms with Gasteiger partial charge in [0.05, 0.1) is 36.5 Å². The van der Waals surface area contributed by atoms with Crippen molar-refractivity contribution >= 4 is 33.2 Å². The summed E-state index contributed by atoms with van der Waals surface area (Å²) in [5.41, 5.74) is 3.19. The molecule has 1 unspecified atom stereocenters. The zero-order valence-corrected chi connectivity index (χ0v) is 22.7. The Morgan fingerprint density at radius 3 is 2.95 bits per heavy atom. The van der Waals surface area contributed by atoms with Gasteiger partial charge in [0.2, 0.25) is 11.7 Å². The van der Waals surface area contributed by atoms with E-state index < -0.39 is 10.3 Å². The Morgan fingerprint density at radius 1 is 1.32 bits per heavy atom. The van der Waals surface area contributed by atoms with Crippen LogP contribution in [0.15, 0.2) is 30.7 Å². The van der Waals surface area contributed by atoms with Crippen LogP contribution < -0.4 is 15.2 Å². The zero-order valence-electron chi connectivity index (χ0n) is 21.0. The van der Waals surface area contributed by atoms with Crippen LogP contribution in [0.2, 0.25) is 0 Å². The lowest BCUT2D eigenvalue weighted by Crippen LogP contribution is -2.22. The van der Waals surface area contributed by atoms with Crippen molar-refractivity contribution in [1.82, 2.24) is 15.0 Å². The van der Waals surface area contributed by atoms with Crippen molar-refractivity contribution in [1.29, 1.82) is 0 Å². The van der Waals surface area contributed by atoms with Crippen LogP contribution in [-0.2, 0) is 25.6 Å². The molecule has 0 saturated heterocycles. The fourth-order valence-electron chi connectivity index (χ4n) is 4.99. The van der Waals surface area contributed by atoms with Crippen molar-refractivity contribution in [3.63, 3.8) is 0 Å². The van der Waals surface area contributed by atoms with Crippen molar-refractivity contribution in [2.45, 2.75) is 44.8 Å².